The normalized spacial score (nSPS) is 35.2. The summed E-state index contributed by atoms with van der Waals surface area (Å²) in [6.45, 7) is 5.18. The van der Waals surface area contributed by atoms with Gasteiger partial charge in [-0.25, -0.2) is 0 Å². The minimum atomic E-state index is -0.607. The maximum absolute atomic E-state index is 6.24. The number of rotatable bonds is 12. The lowest BCUT2D eigenvalue weighted by Crippen LogP contribution is -2.48. The van der Waals surface area contributed by atoms with E-state index in [0.29, 0.717) is 13.2 Å². The van der Waals surface area contributed by atoms with E-state index in [2.05, 4.69) is 0 Å². The molecule has 38 heavy (non-hydrogen) atoms. The third kappa shape index (κ3) is 8.78. The molecule has 3 heterocycles. The fourth-order valence-corrected chi connectivity index (χ4v) is 4.19. The van der Waals surface area contributed by atoms with Gasteiger partial charge in [-0.1, -0.05) is 48.6 Å². The van der Waals surface area contributed by atoms with Crippen LogP contribution >= 0.6 is 0 Å². The van der Waals surface area contributed by atoms with Gasteiger partial charge in [-0.2, -0.15) is 0 Å². The number of hydrogen-bond acceptors (Lipinski definition) is 10. The van der Waals surface area contributed by atoms with Crippen LogP contribution in [0.1, 0.15) is 19.4 Å². The molecule has 1 aromatic rings. The summed E-state index contributed by atoms with van der Waals surface area (Å²) < 4.78 is 41.4. The molecule has 0 aliphatic carbocycles. The van der Waals surface area contributed by atoms with Gasteiger partial charge in [0.2, 0.25) is 0 Å². The van der Waals surface area contributed by atoms with Crippen molar-refractivity contribution in [1.82, 2.24) is 0 Å². The second kappa shape index (κ2) is 14.4. The average Bonchev–Trinajstić information content (AvgIpc) is 2.90. The van der Waals surface area contributed by atoms with Crippen LogP contribution in [-0.4, -0.2) is 81.2 Å². The maximum atomic E-state index is 6.24. The molecule has 0 bridgehead atoms. The zero-order valence-corrected chi connectivity index (χ0v) is 22.0. The van der Waals surface area contributed by atoms with Crippen LogP contribution < -0.4 is 17.2 Å². The van der Waals surface area contributed by atoms with E-state index < -0.39 is 25.0 Å². The molecule has 1 aromatic carbocycles. The van der Waals surface area contributed by atoms with Gasteiger partial charge >= 0.3 is 0 Å². The third-order valence-corrected chi connectivity index (χ3v) is 6.34. The molecule has 0 fully saturated rings. The molecule has 0 amide bonds. The quantitative estimate of drug-likeness (QED) is 0.340. The molecule has 0 aromatic heterocycles. The van der Waals surface area contributed by atoms with Gasteiger partial charge in [0.1, 0.15) is 18.3 Å². The summed E-state index contributed by atoms with van der Waals surface area (Å²) in [4.78, 5) is 0. The predicted molar refractivity (Wildman–Crippen MR) is 142 cm³/mol. The lowest BCUT2D eigenvalue weighted by atomic mass is 10.1. The first-order valence-electron chi connectivity index (χ1n) is 13.2. The Morgan fingerprint density at radius 1 is 0.658 bits per heavy atom. The van der Waals surface area contributed by atoms with Crippen LogP contribution in [0.3, 0.4) is 0 Å². The van der Waals surface area contributed by atoms with Crippen LogP contribution in [0.5, 0.6) is 0 Å². The molecule has 9 atom stereocenters. The first-order valence-corrected chi connectivity index (χ1v) is 13.2. The molecule has 0 spiro atoms. The highest BCUT2D eigenvalue weighted by molar-refractivity contribution is 5.13. The van der Waals surface area contributed by atoms with E-state index in [1.54, 1.807) is 12.2 Å². The van der Waals surface area contributed by atoms with Crippen molar-refractivity contribution in [2.45, 2.75) is 81.9 Å². The van der Waals surface area contributed by atoms with E-state index in [9.17, 15) is 0 Å². The van der Waals surface area contributed by atoms with Crippen molar-refractivity contribution in [3.05, 3.63) is 72.4 Å². The lowest BCUT2D eigenvalue weighted by Gasteiger charge is -2.35. The van der Waals surface area contributed by atoms with Gasteiger partial charge < -0.3 is 50.4 Å². The second-order valence-corrected chi connectivity index (χ2v) is 9.87. The second-order valence-electron chi connectivity index (χ2n) is 9.87. The van der Waals surface area contributed by atoms with Gasteiger partial charge in [-0.05, 0) is 37.6 Å². The van der Waals surface area contributed by atoms with Crippen LogP contribution in [0.2, 0.25) is 0 Å². The summed E-state index contributed by atoms with van der Waals surface area (Å²) in [5.41, 5.74) is 19.7. The van der Waals surface area contributed by atoms with Crippen molar-refractivity contribution in [3.8, 4) is 0 Å². The highest BCUT2D eigenvalue weighted by atomic mass is 16.7. The zero-order valence-electron chi connectivity index (χ0n) is 22.0. The van der Waals surface area contributed by atoms with Crippen LogP contribution in [0.15, 0.2) is 66.8 Å². The molecule has 3 aliphatic heterocycles. The summed E-state index contributed by atoms with van der Waals surface area (Å²) in [5, 5.41) is 0. The van der Waals surface area contributed by atoms with Gasteiger partial charge in [0.15, 0.2) is 18.9 Å². The van der Waals surface area contributed by atoms with Crippen LogP contribution in [0.25, 0.3) is 0 Å². The van der Waals surface area contributed by atoms with Gasteiger partial charge in [-0.15, -0.1) is 0 Å². The number of nitrogens with two attached hydrogens (primary N) is 3. The number of ether oxygens (including phenoxy) is 7. The third-order valence-electron chi connectivity index (χ3n) is 6.34. The minimum absolute atomic E-state index is 0.0308. The van der Waals surface area contributed by atoms with Gasteiger partial charge in [0.05, 0.1) is 50.7 Å². The van der Waals surface area contributed by atoms with Crippen molar-refractivity contribution >= 4 is 0 Å². The van der Waals surface area contributed by atoms with E-state index in [1.807, 2.05) is 68.5 Å². The number of benzene rings is 1. The fraction of sp³-hybridized carbons (Fsp3) is 0.571. The van der Waals surface area contributed by atoms with Crippen LogP contribution in [-0.2, 0) is 39.8 Å². The summed E-state index contributed by atoms with van der Waals surface area (Å²) in [7, 11) is 0. The molecule has 0 saturated heterocycles. The summed E-state index contributed by atoms with van der Waals surface area (Å²) in [5.74, 6) is 0. The molecular formula is C28H41N3O7. The minimum Gasteiger partial charge on any atom is -0.374 e. The van der Waals surface area contributed by atoms with E-state index in [4.69, 9.17) is 50.4 Å². The SMILES string of the molecule is CC(C)O[C@@H]1C=C[C@H](N)[C@@H](CO[C@@H]2C=C[C@H](N)[C@@H](CO[C@@H]3C=C[C@H](N)[C@@H](COCc4ccccc4)O3)O2)O1. The smallest absolute Gasteiger partial charge is 0.177 e. The van der Waals surface area contributed by atoms with Gasteiger partial charge in [0.25, 0.3) is 0 Å². The maximum Gasteiger partial charge on any atom is 0.177 e. The Morgan fingerprint density at radius 2 is 1.13 bits per heavy atom. The van der Waals surface area contributed by atoms with Crippen molar-refractivity contribution in [1.29, 1.82) is 0 Å². The topological polar surface area (TPSA) is 143 Å². The Balaban J connectivity index is 1.20. The van der Waals surface area contributed by atoms with Crippen molar-refractivity contribution in [2.24, 2.45) is 17.2 Å². The average molecular weight is 532 g/mol. The fourth-order valence-electron chi connectivity index (χ4n) is 4.19. The standard InChI is InChI=1S/C28H41N3O7/c1-18(2)35-28-13-10-22(31)25(38-28)17-34-27-12-9-21(30)24(37-27)16-33-26-11-8-20(29)23(36-26)15-32-14-19-6-4-3-5-7-19/h3-13,18,20-28H,14-17,29-31H2,1-2H3/t20-,21-,22-,23+,24+,25+,26-,27-,28-/m0/s1. The van der Waals surface area contributed by atoms with Crippen LogP contribution in [0, 0.1) is 0 Å². The molecular weight excluding hydrogens is 490 g/mol. The first-order chi connectivity index (χ1) is 18.4. The highest BCUT2D eigenvalue weighted by Crippen LogP contribution is 2.20. The molecule has 0 radical (unpaired) electrons. The molecule has 10 heteroatoms. The largest absolute Gasteiger partial charge is 0.374 e. The Morgan fingerprint density at radius 3 is 1.66 bits per heavy atom. The van der Waals surface area contributed by atoms with E-state index in [0.717, 1.165) is 5.56 Å². The predicted octanol–water partition coefficient (Wildman–Crippen LogP) is 1.49. The Labute approximate surface area is 224 Å². The first kappa shape index (κ1) is 29.0. The highest BCUT2D eigenvalue weighted by Gasteiger charge is 2.31. The summed E-state index contributed by atoms with van der Waals surface area (Å²) >= 11 is 0. The van der Waals surface area contributed by atoms with E-state index in [-0.39, 0.29) is 49.7 Å². The van der Waals surface area contributed by atoms with Gasteiger partial charge in [-0.3, -0.25) is 0 Å². The molecule has 0 unspecified atom stereocenters. The van der Waals surface area contributed by atoms with Crippen LogP contribution in [0.4, 0.5) is 0 Å². The Bertz CT molecular complexity index is 928. The molecule has 3 aliphatic rings. The molecule has 10 nitrogen and oxygen atoms in total. The number of hydrogen-bond donors (Lipinski definition) is 3. The Hall–Kier alpha value is -1.96. The molecule has 4 rings (SSSR count). The lowest BCUT2D eigenvalue weighted by molar-refractivity contribution is -0.223. The van der Waals surface area contributed by atoms with Gasteiger partial charge in [0, 0.05) is 0 Å². The zero-order chi connectivity index (χ0) is 26.9. The summed E-state index contributed by atoms with van der Waals surface area (Å²) in [6.07, 6.45) is 8.25. The molecule has 210 valence electrons. The van der Waals surface area contributed by atoms with Crippen molar-refractivity contribution in [3.63, 3.8) is 0 Å². The Kier molecular flexibility index (Phi) is 11.0. The van der Waals surface area contributed by atoms with E-state index >= 15 is 0 Å². The summed E-state index contributed by atoms with van der Waals surface area (Å²) in [6, 6.07) is 9.01. The van der Waals surface area contributed by atoms with Crippen molar-refractivity contribution < 1.29 is 33.2 Å². The monoisotopic (exact) mass is 531 g/mol. The van der Waals surface area contributed by atoms with Crippen molar-refractivity contribution in [2.75, 3.05) is 19.8 Å². The van der Waals surface area contributed by atoms with E-state index in [1.165, 1.54) is 0 Å². The molecule has 0 saturated carbocycles. The molecule has 6 N–H and O–H groups in total.